The van der Waals surface area contributed by atoms with Gasteiger partial charge in [0, 0.05) is 19.6 Å². The van der Waals surface area contributed by atoms with Gasteiger partial charge in [-0.05, 0) is 68.5 Å². The van der Waals surface area contributed by atoms with E-state index in [0.29, 0.717) is 18.3 Å². The first-order valence-electron chi connectivity index (χ1n) is 11.2. The Bertz CT molecular complexity index is 894. The summed E-state index contributed by atoms with van der Waals surface area (Å²) in [5, 5.41) is 9.54. The summed E-state index contributed by atoms with van der Waals surface area (Å²) in [5.41, 5.74) is 2.36. The van der Waals surface area contributed by atoms with Gasteiger partial charge in [-0.15, -0.1) is 0 Å². The molecule has 1 amide bonds. The minimum absolute atomic E-state index is 0.00857. The molecule has 0 aromatic heterocycles. The van der Waals surface area contributed by atoms with Gasteiger partial charge in [-0.25, -0.2) is 0 Å². The van der Waals surface area contributed by atoms with Gasteiger partial charge in [-0.3, -0.25) is 9.79 Å². The Labute approximate surface area is 190 Å². The third kappa shape index (κ3) is 8.49. The third-order valence-electron chi connectivity index (χ3n) is 5.05. The van der Waals surface area contributed by atoms with Crippen LogP contribution in [0.3, 0.4) is 0 Å². The lowest BCUT2D eigenvalue weighted by atomic mass is 10.1. The van der Waals surface area contributed by atoms with Crippen molar-refractivity contribution in [2.24, 2.45) is 4.99 Å². The highest BCUT2D eigenvalue weighted by Crippen LogP contribution is 2.18. The van der Waals surface area contributed by atoms with E-state index in [9.17, 15) is 4.79 Å². The fraction of sp³-hybridized carbons (Fsp3) is 0.440. The first-order valence-corrected chi connectivity index (χ1v) is 11.2. The van der Waals surface area contributed by atoms with E-state index < -0.39 is 0 Å². The van der Waals surface area contributed by atoms with Gasteiger partial charge in [0.15, 0.2) is 12.6 Å². The largest absolute Gasteiger partial charge is 0.489 e. The molecule has 0 heterocycles. The number of ether oxygens (including phenoxy) is 2. The number of hydrogen-bond acceptors (Lipinski definition) is 4. The molecule has 32 heavy (non-hydrogen) atoms. The van der Waals surface area contributed by atoms with Gasteiger partial charge < -0.3 is 25.4 Å². The maximum absolute atomic E-state index is 11.7. The van der Waals surface area contributed by atoms with Gasteiger partial charge in [-0.1, -0.05) is 24.3 Å². The van der Waals surface area contributed by atoms with Gasteiger partial charge in [0.2, 0.25) is 0 Å². The van der Waals surface area contributed by atoms with Crippen LogP contribution in [0.5, 0.6) is 11.5 Å². The molecule has 7 nitrogen and oxygen atoms in total. The zero-order chi connectivity index (χ0) is 22.8. The lowest BCUT2D eigenvalue weighted by Crippen LogP contribution is -2.42. The number of carbonyl (C=O) groups is 1. The van der Waals surface area contributed by atoms with Crippen molar-refractivity contribution in [1.82, 2.24) is 16.0 Å². The van der Waals surface area contributed by atoms with Crippen molar-refractivity contribution in [3.05, 3.63) is 59.7 Å². The molecular formula is C25H34N4O3. The van der Waals surface area contributed by atoms with Crippen LogP contribution in [0.25, 0.3) is 0 Å². The van der Waals surface area contributed by atoms with Crippen LogP contribution in [0.15, 0.2) is 53.5 Å². The standard InChI is InChI=1S/C25H34N4O3/c1-18-5-4-6-23(15-18)32-19(2)16-28-25(26-3)27-14-13-20-7-11-22(12-8-20)31-17-24(30)29-21-9-10-21/h4-8,11-12,15,19,21H,9-10,13-14,16-17H2,1-3H3,(H,29,30)(H2,26,27,28). The molecule has 1 aliphatic carbocycles. The number of nitrogens with zero attached hydrogens (tertiary/aromatic N) is 1. The quantitative estimate of drug-likeness (QED) is 0.371. The highest BCUT2D eigenvalue weighted by atomic mass is 16.5. The summed E-state index contributed by atoms with van der Waals surface area (Å²) in [4.78, 5) is 16.0. The first-order chi connectivity index (χ1) is 15.5. The monoisotopic (exact) mass is 438 g/mol. The van der Waals surface area contributed by atoms with E-state index in [1.165, 1.54) is 11.1 Å². The smallest absolute Gasteiger partial charge is 0.258 e. The van der Waals surface area contributed by atoms with Crippen molar-refractivity contribution in [3.63, 3.8) is 0 Å². The summed E-state index contributed by atoms with van der Waals surface area (Å²) in [7, 11) is 1.76. The Morgan fingerprint density at radius 2 is 1.91 bits per heavy atom. The summed E-state index contributed by atoms with van der Waals surface area (Å²) in [6.45, 7) is 5.54. The molecule has 1 aliphatic rings. The minimum atomic E-state index is -0.0572. The van der Waals surface area contributed by atoms with Crippen molar-refractivity contribution in [2.75, 3.05) is 26.7 Å². The van der Waals surface area contributed by atoms with E-state index in [0.717, 1.165) is 37.5 Å². The molecular weight excluding hydrogens is 404 g/mol. The van der Waals surface area contributed by atoms with Crippen LogP contribution in [0.4, 0.5) is 0 Å². The number of nitrogens with one attached hydrogen (secondary N) is 3. The molecule has 0 saturated heterocycles. The van der Waals surface area contributed by atoms with Crippen molar-refractivity contribution >= 4 is 11.9 Å². The van der Waals surface area contributed by atoms with Crippen LogP contribution in [0.2, 0.25) is 0 Å². The number of aliphatic imine (C=N–C) groups is 1. The summed E-state index contributed by atoms with van der Waals surface area (Å²) in [6.07, 6.45) is 3.01. The van der Waals surface area contributed by atoms with E-state index in [2.05, 4.69) is 33.9 Å². The molecule has 3 rings (SSSR count). The van der Waals surface area contributed by atoms with E-state index in [1.807, 2.05) is 49.4 Å². The topological polar surface area (TPSA) is 84.0 Å². The first kappa shape index (κ1) is 23.4. The Morgan fingerprint density at radius 3 is 2.59 bits per heavy atom. The van der Waals surface area contributed by atoms with Gasteiger partial charge in [0.1, 0.15) is 17.6 Å². The second-order valence-electron chi connectivity index (χ2n) is 8.15. The average Bonchev–Trinajstić information content (AvgIpc) is 3.59. The normalized spacial score (nSPS) is 14.4. The SMILES string of the molecule is CN=C(NCCc1ccc(OCC(=O)NC2CC2)cc1)NCC(C)Oc1cccc(C)c1. The Balaban J connectivity index is 1.32. The van der Waals surface area contributed by atoms with Gasteiger partial charge >= 0.3 is 0 Å². The van der Waals surface area contributed by atoms with E-state index in [4.69, 9.17) is 9.47 Å². The number of carbonyl (C=O) groups excluding carboxylic acids is 1. The van der Waals surface area contributed by atoms with Crippen molar-refractivity contribution < 1.29 is 14.3 Å². The fourth-order valence-electron chi connectivity index (χ4n) is 3.15. The number of guanidine groups is 1. The fourth-order valence-corrected chi connectivity index (χ4v) is 3.15. The highest BCUT2D eigenvalue weighted by Gasteiger charge is 2.23. The van der Waals surface area contributed by atoms with E-state index >= 15 is 0 Å². The molecule has 1 unspecified atom stereocenters. The highest BCUT2D eigenvalue weighted by molar-refractivity contribution is 5.79. The van der Waals surface area contributed by atoms with Crippen LogP contribution in [0, 0.1) is 6.92 Å². The molecule has 172 valence electrons. The summed E-state index contributed by atoms with van der Waals surface area (Å²) in [5.74, 6) is 2.26. The molecule has 0 bridgehead atoms. The number of amides is 1. The third-order valence-corrected chi connectivity index (χ3v) is 5.05. The molecule has 1 saturated carbocycles. The second-order valence-corrected chi connectivity index (χ2v) is 8.15. The summed E-state index contributed by atoms with van der Waals surface area (Å²) < 4.78 is 11.5. The van der Waals surface area contributed by atoms with Gasteiger partial charge in [0.05, 0.1) is 6.54 Å². The Morgan fingerprint density at radius 1 is 1.12 bits per heavy atom. The maximum atomic E-state index is 11.7. The second kappa shape index (κ2) is 12.0. The number of hydrogen-bond donors (Lipinski definition) is 3. The molecule has 3 N–H and O–H groups in total. The predicted molar refractivity (Wildman–Crippen MR) is 127 cm³/mol. The molecule has 2 aromatic carbocycles. The molecule has 1 fully saturated rings. The van der Waals surface area contributed by atoms with Crippen LogP contribution >= 0.6 is 0 Å². The van der Waals surface area contributed by atoms with Gasteiger partial charge in [0.25, 0.3) is 5.91 Å². The maximum Gasteiger partial charge on any atom is 0.258 e. The molecule has 0 spiro atoms. The Kier molecular flexibility index (Phi) is 8.78. The number of benzene rings is 2. The van der Waals surface area contributed by atoms with Crippen molar-refractivity contribution in [3.8, 4) is 11.5 Å². The summed E-state index contributed by atoms with van der Waals surface area (Å²) >= 11 is 0. The lowest BCUT2D eigenvalue weighted by Gasteiger charge is -2.18. The predicted octanol–water partition coefficient (Wildman–Crippen LogP) is 2.83. The summed E-state index contributed by atoms with van der Waals surface area (Å²) in [6, 6.07) is 16.2. The van der Waals surface area contributed by atoms with Crippen LogP contribution < -0.4 is 25.4 Å². The number of aryl methyl sites for hydroxylation is 1. The molecule has 0 radical (unpaired) electrons. The van der Waals surface area contributed by atoms with Crippen LogP contribution in [0.1, 0.15) is 30.9 Å². The van der Waals surface area contributed by atoms with E-state index in [1.54, 1.807) is 7.05 Å². The zero-order valence-electron chi connectivity index (χ0n) is 19.2. The molecule has 2 aromatic rings. The van der Waals surface area contributed by atoms with Crippen LogP contribution in [-0.4, -0.2) is 50.8 Å². The van der Waals surface area contributed by atoms with Crippen molar-refractivity contribution in [2.45, 2.75) is 45.3 Å². The molecule has 1 atom stereocenters. The zero-order valence-corrected chi connectivity index (χ0v) is 19.2. The van der Waals surface area contributed by atoms with Crippen molar-refractivity contribution in [1.29, 1.82) is 0 Å². The average molecular weight is 439 g/mol. The minimum Gasteiger partial charge on any atom is -0.489 e. The van der Waals surface area contributed by atoms with E-state index in [-0.39, 0.29) is 18.6 Å². The van der Waals surface area contributed by atoms with Gasteiger partial charge in [-0.2, -0.15) is 0 Å². The molecule has 7 heteroatoms. The van der Waals surface area contributed by atoms with Crippen LogP contribution in [-0.2, 0) is 11.2 Å². The molecule has 0 aliphatic heterocycles. The lowest BCUT2D eigenvalue weighted by molar-refractivity contribution is -0.123. The Hall–Kier alpha value is -3.22. The number of rotatable bonds is 11.